The molecule has 1 aliphatic carbocycles. The maximum absolute atomic E-state index is 13.3. The zero-order valence-corrected chi connectivity index (χ0v) is 21.0. The number of para-hydroxylation sites is 1. The number of benzene rings is 1. The molecule has 6 rings (SSSR count). The minimum Gasteiger partial charge on any atom is -0.455 e. The van der Waals surface area contributed by atoms with Gasteiger partial charge in [0.05, 0.1) is 30.1 Å². The van der Waals surface area contributed by atoms with Crippen molar-refractivity contribution in [1.82, 2.24) is 10.3 Å². The van der Waals surface area contributed by atoms with E-state index in [1.165, 1.54) is 0 Å². The van der Waals surface area contributed by atoms with Crippen molar-refractivity contribution in [2.75, 3.05) is 7.05 Å². The van der Waals surface area contributed by atoms with Gasteiger partial charge in [-0.1, -0.05) is 36.4 Å². The van der Waals surface area contributed by atoms with Gasteiger partial charge in [-0.15, -0.1) is 0 Å². The van der Waals surface area contributed by atoms with Crippen LogP contribution in [0.3, 0.4) is 0 Å². The molecule has 0 bridgehead atoms. The van der Waals surface area contributed by atoms with Gasteiger partial charge in [0.15, 0.2) is 0 Å². The molecule has 4 aliphatic rings. The summed E-state index contributed by atoms with van der Waals surface area (Å²) in [5.74, 6) is -1.28. The van der Waals surface area contributed by atoms with Crippen LogP contribution in [0.15, 0.2) is 88.9 Å². The van der Waals surface area contributed by atoms with Gasteiger partial charge in [-0.2, -0.15) is 0 Å². The molecule has 3 unspecified atom stereocenters. The lowest BCUT2D eigenvalue weighted by Gasteiger charge is -2.39. The van der Waals surface area contributed by atoms with Crippen molar-refractivity contribution in [3.63, 3.8) is 0 Å². The number of imide groups is 1. The van der Waals surface area contributed by atoms with Gasteiger partial charge in [0.1, 0.15) is 17.8 Å². The third kappa shape index (κ3) is 3.48. The zero-order valence-electron chi connectivity index (χ0n) is 21.0. The molecule has 0 saturated carbocycles. The molecule has 2 N–H and O–H groups in total. The van der Waals surface area contributed by atoms with Gasteiger partial charge in [-0.05, 0) is 32.9 Å². The number of nitrogens with zero attached hydrogens (tertiary/aromatic N) is 2. The van der Waals surface area contributed by atoms with Gasteiger partial charge in [0.2, 0.25) is 6.04 Å². The van der Waals surface area contributed by atoms with Crippen LogP contribution in [-0.2, 0) is 19.1 Å². The van der Waals surface area contributed by atoms with Gasteiger partial charge in [0, 0.05) is 33.8 Å². The Morgan fingerprint density at radius 2 is 1.86 bits per heavy atom. The quantitative estimate of drug-likeness (QED) is 0.387. The minimum atomic E-state index is -0.629. The third-order valence-corrected chi connectivity index (χ3v) is 7.22. The van der Waals surface area contributed by atoms with E-state index >= 15 is 0 Å². The van der Waals surface area contributed by atoms with Crippen molar-refractivity contribution in [3.8, 4) is 0 Å². The number of likely N-dealkylation sites (N-methyl/N-ethyl adjacent to an activating group) is 1. The Labute approximate surface area is 214 Å². The summed E-state index contributed by atoms with van der Waals surface area (Å²) >= 11 is 0. The molecule has 0 fully saturated rings. The van der Waals surface area contributed by atoms with Gasteiger partial charge in [0.25, 0.3) is 11.8 Å². The fraction of sp³-hybridized carbons (Fsp3) is 0.241. The molecule has 0 saturated heterocycles. The number of quaternary nitrogens is 1. The smallest absolute Gasteiger partial charge is 0.370 e. The van der Waals surface area contributed by atoms with E-state index in [1.807, 2.05) is 82.6 Å². The van der Waals surface area contributed by atoms with Crippen LogP contribution >= 0.6 is 0 Å². The molecule has 0 spiro atoms. The monoisotopic (exact) mass is 495 g/mol. The van der Waals surface area contributed by atoms with Crippen LogP contribution in [0.2, 0.25) is 0 Å². The number of allylic oxidation sites excluding steroid dienone is 2. The zero-order chi connectivity index (χ0) is 26.1. The summed E-state index contributed by atoms with van der Waals surface area (Å²) < 4.78 is 5.95. The summed E-state index contributed by atoms with van der Waals surface area (Å²) in [5, 5.41) is 3.32. The number of ether oxygens (including phenoxy) is 1. The molecule has 2 amide bonds. The van der Waals surface area contributed by atoms with E-state index in [0.717, 1.165) is 22.0 Å². The number of amides is 2. The van der Waals surface area contributed by atoms with Gasteiger partial charge in [-0.25, -0.2) is 9.79 Å². The van der Waals surface area contributed by atoms with Crippen LogP contribution in [-0.4, -0.2) is 57.7 Å². The number of nitrogens with one attached hydrogen (secondary N) is 2. The molecular weight excluding hydrogens is 468 g/mol. The fourth-order valence-corrected chi connectivity index (χ4v) is 5.69. The topological polar surface area (TPSA) is 101 Å². The average molecular weight is 496 g/mol. The Kier molecular flexibility index (Phi) is 4.90. The van der Waals surface area contributed by atoms with Crippen molar-refractivity contribution < 1.29 is 23.6 Å². The van der Waals surface area contributed by atoms with Crippen LogP contribution in [0.25, 0.3) is 16.5 Å². The molecule has 8 nitrogen and oxygen atoms in total. The number of rotatable bonds is 3. The molecule has 3 aliphatic heterocycles. The van der Waals surface area contributed by atoms with Gasteiger partial charge >= 0.3 is 5.97 Å². The first-order valence-electron chi connectivity index (χ1n) is 12.2. The number of hydrogen-bond acceptors (Lipinski definition) is 5. The second-order valence-electron chi connectivity index (χ2n) is 10.8. The van der Waals surface area contributed by atoms with E-state index in [1.54, 1.807) is 12.4 Å². The van der Waals surface area contributed by atoms with Crippen molar-refractivity contribution in [3.05, 3.63) is 89.4 Å². The second kappa shape index (κ2) is 7.85. The first-order chi connectivity index (χ1) is 17.6. The number of hydrogen-bond donors (Lipinski definition) is 2. The number of fused-ring (bicyclic) bond motifs is 1. The van der Waals surface area contributed by atoms with Crippen molar-refractivity contribution >= 4 is 40.0 Å². The lowest BCUT2D eigenvalue weighted by atomic mass is 9.85. The summed E-state index contributed by atoms with van der Waals surface area (Å²) in [6.07, 6.45) is 13.0. The Morgan fingerprint density at radius 3 is 2.65 bits per heavy atom. The summed E-state index contributed by atoms with van der Waals surface area (Å²) in [7, 11) is 1.96. The lowest BCUT2D eigenvalue weighted by Crippen LogP contribution is -2.56. The number of aromatic amines is 1. The van der Waals surface area contributed by atoms with Crippen LogP contribution in [0.5, 0.6) is 0 Å². The molecule has 3 atom stereocenters. The fourth-order valence-electron chi connectivity index (χ4n) is 5.69. The molecule has 186 valence electrons. The second-order valence-corrected chi connectivity index (χ2v) is 10.8. The highest BCUT2D eigenvalue weighted by atomic mass is 16.6. The Hall–Kier alpha value is -4.30. The maximum atomic E-state index is 13.3. The summed E-state index contributed by atoms with van der Waals surface area (Å²) in [6, 6.07) is 6.76. The standard InChI is InChI=1S/C29H26N4O4/c1-29(2,3)37-28(36)21-14-16-8-7-10-18-24(30-12-13-33(21,4)25(16)18)23-22(26(34)32-27(23)35)19-15-31-20-11-6-5-9-17(19)20/h5-15,21,25H,1-4H3,(H-,30,31,32,34,35)/p+1. The van der Waals surface area contributed by atoms with Crippen LogP contribution < -0.4 is 5.32 Å². The van der Waals surface area contributed by atoms with E-state index in [0.29, 0.717) is 11.3 Å². The number of H-pyrrole nitrogens is 1. The normalized spacial score (nSPS) is 26.5. The highest BCUT2D eigenvalue weighted by molar-refractivity contribution is 6.48. The molecule has 0 radical (unpaired) electrons. The van der Waals surface area contributed by atoms with Crippen molar-refractivity contribution in [1.29, 1.82) is 0 Å². The minimum absolute atomic E-state index is 0.193. The van der Waals surface area contributed by atoms with E-state index in [4.69, 9.17) is 9.73 Å². The maximum Gasteiger partial charge on any atom is 0.370 e. The first kappa shape index (κ1) is 23.1. The molecule has 2 aromatic rings. The van der Waals surface area contributed by atoms with E-state index in [-0.39, 0.29) is 27.6 Å². The van der Waals surface area contributed by atoms with Gasteiger partial charge < -0.3 is 9.72 Å². The largest absolute Gasteiger partial charge is 0.455 e. The predicted octanol–water partition coefficient (Wildman–Crippen LogP) is 3.47. The molecule has 4 heterocycles. The van der Waals surface area contributed by atoms with Crippen LogP contribution in [0.4, 0.5) is 0 Å². The average Bonchev–Trinajstić information content (AvgIpc) is 3.44. The van der Waals surface area contributed by atoms with Gasteiger partial charge in [-0.3, -0.25) is 19.4 Å². The molecule has 37 heavy (non-hydrogen) atoms. The van der Waals surface area contributed by atoms with Crippen LogP contribution in [0, 0.1) is 0 Å². The Bertz CT molecular complexity index is 1590. The number of carbonyl (C=O) groups excluding carboxylic acids is 3. The molecular formula is C29H27N4O4+. The van der Waals surface area contributed by atoms with E-state index in [9.17, 15) is 14.4 Å². The highest BCUT2D eigenvalue weighted by Crippen LogP contribution is 2.43. The van der Waals surface area contributed by atoms with E-state index < -0.39 is 23.5 Å². The Balaban J connectivity index is 1.49. The molecule has 1 aromatic heterocycles. The molecule has 8 heteroatoms. The van der Waals surface area contributed by atoms with Crippen molar-refractivity contribution in [2.45, 2.75) is 38.5 Å². The summed E-state index contributed by atoms with van der Waals surface area (Å²) in [4.78, 5) is 47.5. The predicted molar refractivity (Wildman–Crippen MR) is 140 cm³/mol. The SMILES string of the molecule is CC(C)(C)OC(=O)C1C=C2C=CC=C3C(C4=C(c5c[nH]c6ccccc56)C(=O)NC4=O)=NC=C[N+]1(C)C23. The van der Waals surface area contributed by atoms with Crippen molar-refractivity contribution in [2.24, 2.45) is 4.99 Å². The lowest BCUT2D eigenvalue weighted by molar-refractivity contribution is -0.877. The third-order valence-electron chi connectivity index (χ3n) is 7.22. The van der Waals surface area contributed by atoms with Crippen LogP contribution in [0.1, 0.15) is 26.3 Å². The highest BCUT2D eigenvalue weighted by Gasteiger charge is 2.54. The number of aliphatic imine (C=N–C) groups is 1. The summed E-state index contributed by atoms with van der Waals surface area (Å²) in [5.41, 5.74) is 3.52. The molecule has 1 aromatic carbocycles. The van der Waals surface area contributed by atoms with E-state index in [2.05, 4.69) is 10.3 Å². The number of esters is 1. The Morgan fingerprint density at radius 1 is 1.11 bits per heavy atom. The first-order valence-corrected chi connectivity index (χ1v) is 12.2. The number of carbonyl (C=O) groups is 3. The summed E-state index contributed by atoms with van der Waals surface area (Å²) in [6.45, 7) is 5.54. The number of aromatic nitrogens is 1.